The van der Waals surface area contributed by atoms with Crippen molar-refractivity contribution in [1.29, 1.82) is 0 Å². The summed E-state index contributed by atoms with van der Waals surface area (Å²) in [5.41, 5.74) is 1.85. The second-order valence-electron chi connectivity index (χ2n) is 3.70. The smallest absolute Gasteiger partial charge is 0.251 e. The molecule has 5 heteroatoms. The fourth-order valence-electron chi connectivity index (χ4n) is 1.46. The van der Waals surface area contributed by atoms with Gasteiger partial charge in [0, 0.05) is 20.2 Å². The van der Waals surface area contributed by atoms with Gasteiger partial charge in [0.2, 0.25) is 0 Å². The number of carbonyl (C=O) groups is 1. The molecule has 0 aliphatic carbocycles. The van der Waals surface area contributed by atoms with Gasteiger partial charge >= 0.3 is 0 Å². The van der Waals surface area contributed by atoms with Crippen LogP contribution in [0.5, 0.6) is 0 Å². The average molecular weight is 389 g/mol. The standard InChI is InChI=1S/C13H11Br2NOS/c14-7-9-1-3-10(4-2-9)13(17)16-8-12-11(15)5-6-18-12/h1-6H,7-8H2,(H,16,17). The van der Waals surface area contributed by atoms with E-state index in [9.17, 15) is 4.79 Å². The lowest BCUT2D eigenvalue weighted by atomic mass is 10.1. The lowest BCUT2D eigenvalue weighted by Gasteiger charge is -2.05. The minimum absolute atomic E-state index is 0.0450. The molecule has 2 rings (SSSR count). The van der Waals surface area contributed by atoms with E-state index in [1.54, 1.807) is 11.3 Å². The van der Waals surface area contributed by atoms with Crippen molar-refractivity contribution in [3.8, 4) is 0 Å². The second-order valence-corrected chi connectivity index (χ2v) is 6.12. The maximum Gasteiger partial charge on any atom is 0.251 e. The fraction of sp³-hybridized carbons (Fsp3) is 0.154. The number of thiophene rings is 1. The Kier molecular flexibility index (Phi) is 4.97. The van der Waals surface area contributed by atoms with Crippen molar-refractivity contribution < 1.29 is 4.79 Å². The van der Waals surface area contributed by atoms with Gasteiger partial charge < -0.3 is 5.32 Å². The summed E-state index contributed by atoms with van der Waals surface area (Å²) in [5.74, 6) is -0.0450. The summed E-state index contributed by atoms with van der Waals surface area (Å²) in [6.07, 6.45) is 0. The highest BCUT2D eigenvalue weighted by atomic mass is 79.9. The number of rotatable bonds is 4. The van der Waals surface area contributed by atoms with Crippen molar-refractivity contribution >= 4 is 49.1 Å². The molecule has 94 valence electrons. The molecule has 1 N–H and O–H groups in total. The van der Waals surface area contributed by atoms with Gasteiger partial charge in [-0.15, -0.1) is 11.3 Å². The number of hydrogen-bond acceptors (Lipinski definition) is 2. The molecule has 18 heavy (non-hydrogen) atoms. The molecule has 0 fully saturated rings. The van der Waals surface area contributed by atoms with E-state index >= 15 is 0 Å². The van der Waals surface area contributed by atoms with Gasteiger partial charge in [-0.25, -0.2) is 0 Å². The van der Waals surface area contributed by atoms with Crippen molar-refractivity contribution in [3.63, 3.8) is 0 Å². The number of halogens is 2. The van der Waals surface area contributed by atoms with Crippen LogP contribution in [0.2, 0.25) is 0 Å². The highest BCUT2D eigenvalue weighted by Crippen LogP contribution is 2.22. The highest BCUT2D eigenvalue weighted by molar-refractivity contribution is 9.10. The number of benzene rings is 1. The van der Waals surface area contributed by atoms with Crippen molar-refractivity contribution in [1.82, 2.24) is 5.32 Å². The minimum Gasteiger partial charge on any atom is -0.347 e. The molecule has 2 nitrogen and oxygen atoms in total. The molecule has 0 aliphatic rings. The zero-order valence-corrected chi connectivity index (χ0v) is 13.4. The van der Waals surface area contributed by atoms with Crippen LogP contribution in [0, 0.1) is 0 Å². The van der Waals surface area contributed by atoms with Crippen LogP contribution in [-0.4, -0.2) is 5.91 Å². The molecule has 0 saturated carbocycles. The normalized spacial score (nSPS) is 10.3. The number of hydrogen-bond donors (Lipinski definition) is 1. The van der Waals surface area contributed by atoms with Gasteiger partial charge in [-0.3, -0.25) is 4.79 Å². The van der Waals surface area contributed by atoms with Crippen molar-refractivity contribution in [2.75, 3.05) is 0 Å². The van der Waals surface area contributed by atoms with Crippen LogP contribution in [0.15, 0.2) is 40.2 Å². The van der Waals surface area contributed by atoms with Crippen LogP contribution in [-0.2, 0) is 11.9 Å². The SMILES string of the molecule is O=C(NCc1sccc1Br)c1ccc(CBr)cc1. The lowest BCUT2D eigenvalue weighted by Crippen LogP contribution is -2.22. The highest BCUT2D eigenvalue weighted by Gasteiger charge is 2.07. The maximum absolute atomic E-state index is 11.9. The van der Waals surface area contributed by atoms with Crippen LogP contribution >= 0.6 is 43.2 Å². The van der Waals surface area contributed by atoms with E-state index in [-0.39, 0.29) is 5.91 Å². The first-order valence-corrected chi connectivity index (χ1v) is 8.15. The van der Waals surface area contributed by atoms with Gasteiger partial charge in [0.05, 0.1) is 6.54 Å². The molecule has 2 aromatic rings. The van der Waals surface area contributed by atoms with Crippen LogP contribution in [0.4, 0.5) is 0 Å². The first kappa shape index (κ1) is 13.8. The third kappa shape index (κ3) is 3.43. The first-order valence-electron chi connectivity index (χ1n) is 5.35. The summed E-state index contributed by atoms with van der Waals surface area (Å²) < 4.78 is 1.04. The molecule has 1 amide bonds. The molecule has 0 atom stereocenters. The predicted molar refractivity (Wildman–Crippen MR) is 82.3 cm³/mol. The van der Waals surface area contributed by atoms with Crippen molar-refractivity contribution in [2.24, 2.45) is 0 Å². The summed E-state index contributed by atoms with van der Waals surface area (Å²) in [6, 6.07) is 9.57. The van der Waals surface area contributed by atoms with E-state index in [1.807, 2.05) is 35.7 Å². The Bertz CT molecular complexity index is 536. The molecular formula is C13H11Br2NOS. The number of alkyl halides is 1. The molecule has 0 radical (unpaired) electrons. The van der Waals surface area contributed by atoms with Crippen LogP contribution in [0.3, 0.4) is 0 Å². The average Bonchev–Trinajstić information content (AvgIpc) is 2.81. The summed E-state index contributed by atoms with van der Waals surface area (Å²) in [7, 11) is 0. The number of nitrogens with one attached hydrogen (secondary N) is 1. The largest absolute Gasteiger partial charge is 0.347 e. The van der Waals surface area contributed by atoms with Crippen LogP contribution in [0.1, 0.15) is 20.8 Å². The Morgan fingerprint density at radius 2 is 1.94 bits per heavy atom. The van der Waals surface area contributed by atoms with Gasteiger partial charge in [0.15, 0.2) is 0 Å². The van der Waals surface area contributed by atoms with E-state index in [4.69, 9.17) is 0 Å². The predicted octanol–water partition coefficient (Wildman–Crippen LogP) is 4.34. The van der Waals surface area contributed by atoms with Crippen LogP contribution in [0.25, 0.3) is 0 Å². The summed E-state index contributed by atoms with van der Waals surface area (Å²) in [4.78, 5) is 13.0. The van der Waals surface area contributed by atoms with E-state index in [0.29, 0.717) is 12.1 Å². The molecule has 1 aromatic carbocycles. The molecule has 0 spiro atoms. The number of amides is 1. The van der Waals surface area contributed by atoms with Crippen LogP contribution < -0.4 is 5.32 Å². The Hall–Kier alpha value is -0.650. The molecule has 1 heterocycles. The third-order valence-corrected chi connectivity index (χ3v) is 5.04. The maximum atomic E-state index is 11.9. The molecule has 0 unspecified atom stereocenters. The fourth-order valence-corrected chi connectivity index (χ4v) is 3.27. The summed E-state index contributed by atoms with van der Waals surface area (Å²) >= 11 is 8.45. The van der Waals surface area contributed by atoms with Gasteiger partial charge in [0.1, 0.15) is 0 Å². The quantitative estimate of drug-likeness (QED) is 0.775. The van der Waals surface area contributed by atoms with Gasteiger partial charge in [0.25, 0.3) is 5.91 Å². The summed E-state index contributed by atoms with van der Waals surface area (Å²) in [5, 5.41) is 5.71. The molecule has 1 aromatic heterocycles. The molecule has 0 bridgehead atoms. The zero-order valence-electron chi connectivity index (χ0n) is 9.45. The van der Waals surface area contributed by atoms with Crippen molar-refractivity contribution in [2.45, 2.75) is 11.9 Å². The van der Waals surface area contributed by atoms with Gasteiger partial charge in [-0.1, -0.05) is 28.1 Å². The first-order chi connectivity index (χ1) is 8.70. The Labute approximate surface area is 127 Å². The molecule has 0 aliphatic heterocycles. The monoisotopic (exact) mass is 387 g/mol. The minimum atomic E-state index is -0.0450. The summed E-state index contributed by atoms with van der Waals surface area (Å²) in [6.45, 7) is 0.553. The number of carbonyl (C=O) groups excluding carboxylic acids is 1. The van der Waals surface area contributed by atoms with E-state index in [0.717, 1.165) is 20.2 Å². The van der Waals surface area contributed by atoms with Crippen molar-refractivity contribution in [3.05, 3.63) is 56.2 Å². The zero-order chi connectivity index (χ0) is 13.0. The van der Waals surface area contributed by atoms with Gasteiger partial charge in [-0.2, -0.15) is 0 Å². The Balaban J connectivity index is 1.97. The topological polar surface area (TPSA) is 29.1 Å². The Morgan fingerprint density at radius 3 is 2.50 bits per heavy atom. The lowest BCUT2D eigenvalue weighted by molar-refractivity contribution is 0.0951. The molecule has 0 saturated heterocycles. The van der Waals surface area contributed by atoms with Gasteiger partial charge in [-0.05, 0) is 45.1 Å². The molecular weight excluding hydrogens is 378 g/mol. The third-order valence-electron chi connectivity index (χ3n) is 2.47. The van der Waals surface area contributed by atoms with E-state index in [1.165, 1.54) is 0 Å². The Morgan fingerprint density at radius 1 is 1.22 bits per heavy atom. The van der Waals surface area contributed by atoms with E-state index < -0.39 is 0 Å². The second kappa shape index (κ2) is 6.50. The van der Waals surface area contributed by atoms with E-state index in [2.05, 4.69) is 37.2 Å².